The van der Waals surface area contributed by atoms with Crippen LogP contribution < -0.4 is 0 Å². The number of fused-ring (bicyclic) bond motifs is 1. The van der Waals surface area contributed by atoms with E-state index in [1.54, 1.807) is 22.8 Å². The lowest BCUT2D eigenvalue weighted by Gasteiger charge is -2.17. The molecule has 0 unspecified atom stereocenters. The molecule has 6 nitrogen and oxygen atoms in total. The molecule has 0 saturated heterocycles. The van der Waals surface area contributed by atoms with Crippen molar-refractivity contribution in [1.82, 2.24) is 14.5 Å². The van der Waals surface area contributed by atoms with E-state index in [9.17, 15) is 9.59 Å². The van der Waals surface area contributed by atoms with E-state index >= 15 is 0 Å². The number of carboxylic acids is 1. The molecule has 1 aromatic carbocycles. The SMILES string of the molecule is CN(CCCC(=O)O)C(=O)Cn1cnc2ccccc21. The fourth-order valence-electron chi connectivity index (χ4n) is 1.99. The summed E-state index contributed by atoms with van der Waals surface area (Å²) in [6.07, 6.45) is 2.18. The Morgan fingerprint density at radius 3 is 2.85 bits per heavy atom. The molecule has 0 spiro atoms. The maximum absolute atomic E-state index is 12.1. The van der Waals surface area contributed by atoms with Gasteiger partial charge in [-0.25, -0.2) is 4.98 Å². The molecular formula is C14H17N3O3. The average molecular weight is 275 g/mol. The van der Waals surface area contributed by atoms with Gasteiger partial charge < -0.3 is 14.6 Å². The third-order valence-corrected chi connectivity index (χ3v) is 3.14. The molecule has 0 fully saturated rings. The van der Waals surface area contributed by atoms with Crippen molar-refractivity contribution >= 4 is 22.9 Å². The molecule has 2 rings (SSSR count). The van der Waals surface area contributed by atoms with E-state index in [0.717, 1.165) is 11.0 Å². The zero-order valence-electron chi connectivity index (χ0n) is 11.3. The second-order valence-electron chi connectivity index (χ2n) is 4.67. The molecule has 106 valence electrons. The Balaban J connectivity index is 1.95. The number of carbonyl (C=O) groups excluding carboxylic acids is 1. The van der Waals surface area contributed by atoms with Crippen LogP contribution in [0.15, 0.2) is 30.6 Å². The van der Waals surface area contributed by atoms with Crippen molar-refractivity contribution in [2.75, 3.05) is 13.6 Å². The number of hydrogen-bond acceptors (Lipinski definition) is 3. The summed E-state index contributed by atoms with van der Waals surface area (Å²) in [6.45, 7) is 0.655. The van der Waals surface area contributed by atoms with E-state index in [1.807, 2.05) is 24.3 Å². The fraction of sp³-hybridized carbons (Fsp3) is 0.357. The number of likely N-dealkylation sites (N-methyl/N-ethyl adjacent to an activating group) is 1. The second-order valence-corrected chi connectivity index (χ2v) is 4.67. The van der Waals surface area contributed by atoms with E-state index in [-0.39, 0.29) is 18.9 Å². The van der Waals surface area contributed by atoms with Crippen molar-refractivity contribution in [2.24, 2.45) is 0 Å². The van der Waals surface area contributed by atoms with Crippen molar-refractivity contribution in [2.45, 2.75) is 19.4 Å². The molecular weight excluding hydrogens is 258 g/mol. The van der Waals surface area contributed by atoms with Crippen LogP contribution in [-0.2, 0) is 16.1 Å². The van der Waals surface area contributed by atoms with E-state index < -0.39 is 5.97 Å². The number of carboxylic acid groups (broad SMARTS) is 1. The van der Waals surface area contributed by atoms with Gasteiger partial charge in [-0.3, -0.25) is 9.59 Å². The first-order valence-corrected chi connectivity index (χ1v) is 6.43. The Morgan fingerprint density at radius 1 is 1.35 bits per heavy atom. The molecule has 2 aromatic rings. The van der Waals surface area contributed by atoms with Gasteiger partial charge in [0.25, 0.3) is 0 Å². The Labute approximate surface area is 116 Å². The van der Waals surface area contributed by atoms with Gasteiger partial charge in [-0.2, -0.15) is 0 Å². The molecule has 6 heteroatoms. The van der Waals surface area contributed by atoms with E-state index in [0.29, 0.717) is 13.0 Å². The molecule has 1 amide bonds. The minimum absolute atomic E-state index is 0.0569. The first-order valence-electron chi connectivity index (χ1n) is 6.43. The van der Waals surface area contributed by atoms with Crippen molar-refractivity contribution in [3.63, 3.8) is 0 Å². The summed E-state index contributed by atoms with van der Waals surface area (Å²) in [5.74, 6) is -0.898. The normalized spacial score (nSPS) is 10.7. The monoisotopic (exact) mass is 275 g/mol. The molecule has 0 saturated carbocycles. The molecule has 1 heterocycles. The minimum atomic E-state index is -0.841. The molecule has 0 aliphatic rings. The zero-order chi connectivity index (χ0) is 14.5. The third-order valence-electron chi connectivity index (χ3n) is 3.14. The van der Waals surface area contributed by atoms with Crippen LogP contribution in [0, 0.1) is 0 Å². The topological polar surface area (TPSA) is 75.4 Å². The van der Waals surface area contributed by atoms with Gasteiger partial charge in [-0.15, -0.1) is 0 Å². The Kier molecular flexibility index (Phi) is 4.34. The van der Waals surface area contributed by atoms with Crippen LogP contribution in [0.25, 0.3) is 11.0 Å². The fourth-order valence-corrected chi connectivity index (χ4v) is 1.99. The van der Waals surface area contributed by atoms with Crippen LogP contribution in [-0.4, -0.2) is 45.0 Å². The van der Waals surface area contributed by atoms with E-state index in [1.165, 1.54) is 0 Å². The number of rotatable bonds is 6. The Morgan fingerprint density at radius 2 is 2.10 bits per heavy atom. The Hall–Kier alpha value is -2.37. The zero-order valence-corrected chi connectivity index (χ0v) is 11.3. The molecule has 0 aliphatic heterocycles. The number of hydrogen-bond donors (Lipinski definition) is 1. The van der Waals surface area contributed by atoms with Gasteiger partial charge in [0.2, 0.25) is 5.91 Å². The highest BCUT2D eigenvalue weighted by molar-refractivity contribution is 5.80. The van der Waals surface area contributed by atoms with Gasteiger partial charge in [-0.1, -0.05) is 12.1 Å². The van der Waals surface area contributed by atoms with Gasteiger partial charge in [0, 0.05) is 20.0 Å². The summed E-state index contributed by atoms with van der Waals surface area (Å²) in [5, 5.41) is 8.57. The predicted molar refractivity (Wildman–Crippen MR) is 74.2 cm³/mol. The number of carbonyl (C=O) groups is 2. The molecule has 0 radical (unpaired) electrons. The standard InChI is InChI=1S/C14H17N3O3/c1-16(8-4-7-14(19)20)13(18)9-17-10-15-11-5-2-3-6-12(11)17/h2-3,5-6,10H,4,7-9H2,1H3,(H,19,20). The molecule has 0 aliphatic carbocycles. The van der Waals surface area contributed by atoms with Crippen molar-refractivity contribution in [3.05, 3.63) is 30.6 Å². The molecule has 0 bridgehead atoms. The van der Waals surface area contributed by atoms with Crippen LogP contribution in [0.1, 0.15) is 12.8 Å². The summed E-state index contributed by atoms with van der Waals surface area (Å²) in [5.41, 5.74) is 1.77. The number of imidazole rings is 1. The summed E-state index contributed by atoms with van der Waals surface area (Å²) < 4.78 is 1.80. The van der Waals surface area contributed by atoms with Gasteiger partial charge in [0.1, 0.15) is 6.54 Å². The lowest BCUT2D eigenvalue weighted by molar-refractivity contribution is -0.138. The van der Waals surface area contributed by atoms with Crippen LogP contribution in [0.2, 0.25) is 0 Å². The van der Waals surface area contributed by atoms with Crippen LogP contribution >= 0.6 is 0 Å². The molecule has 20 heavy (non-hydrogen) atoms. The number of amides is 1. The number of benzene rings is 1. The quantitative estimate of drug-likeness (QED) is 0.863. The van der Waals surface area contributed by atoms with Gasteiger partial charge in [0.15, 0.2) is 0 Å². The maximum Gasteiger partial charge on any atom is 0.303 e. The first kappa shape index (κ1) is 14.0. The molecule has 1 aromatic heterocycles. The highest BCUT2D eigenvalue weighted by Crippen LogP contribution is 2.11. The highest BCUT2D eigenvalue weighted by Gasteiger charge is 2.11. The van der Waals surface area contributed by atoms with Crippen LogP contribution in [0.5, 0.6) is 0 Å². The summed E-state index contributed by atoms with van der Waals surface area (Å²) in [7, 11) is 1.68. The molecule has 0 atom stereocenters. The van der Waals surface area contributed by atoms with Crippen LogP contribution in [0.3, 0.4) is 0 Å². The average Bonchev–Trinajstić information content (AvgIpc) is 2.81. The van der Waals surface area contributed by atoms with Crippen LogP contribution in [0.4, 0.5) is 0 Å². The second kappa shape index (κ2) is 6.18. The van der Waals surface area contributed by atoms with Crippen molar-refractivity contribution < 1.29 is 14.7 Å². The smallest absolute Gasteiger partial charge is 0.303 e. The highest BCUT2D eigenvalue weighted by atomic mass is 16.4. The lowest BCUT2D eigenvalue weighted by Crippen LogP contribution is -2.31. The molecule has 1 N–H and O–H groups in total. The number of para-hydroxylation sites is 2. The Bertz CT molecular complexity index is 621. The summed E-state index contributed by atoms with van der Waals surface area (Å²) in [4.78, 5) is 28.3. The minimum Gasteiger partial charge on any atom is -0.481 e. The van der Waals surface area contributed by atoms with Gasteiger partial charge in [0.05, 0.1) is 17.4 Å². The largest absolute Gasteiger partial charge is 0.481 e. The van der Waals surface area contributed by atoms with Gasteiger partial charge >= 0.3 is 5.97 Å². The maximum atomic E-state index is 12.1. The summed E-state index contributed by atoms with van der Waals surface area (Å²) in [6, 6.07) is 7.62. The van der Waals surface area contributed by atoms with Crippen molar-refractivity contribution in [1.29, 1.82) is 0 Å². The third kappa shape index (κ3) is 3.34. The number of aliphatic carboxylic acids is 1. The predicted octanol–water partition coefficient (Wildman–Crippen LogP) is 1.36. The van der Waals surface area contributed by atoms with Crippen molar-refractivity contribution in [3.8, 4) is 0 Å². The van der Waals surface area contributed by atoms with E-state index in [2.05, 4.69) is 4.98 Å². The first-order chi connectivity index (χ1) is 9.58. The van der Waals surface area contributed by atoms with E-state index in [4.69, 9.17) is 5.11 Å². The van der Waals surface area contributed by atoms with Gasteiger partial charge in [-0.05, 0) is 18.6 Å². The number of nitrogens with zero attached hydrogens (tertiary/aromatic N) is 3. The number of aromatic nitrogens is 2. The lowest BCUT2D eigenvalue weighted by atomic mass is 10.3. The summed E-state index contributed by atoms with van der Waals surface area (Å²) >= 11 is 0.